The molecule has 3 amide bonds. The van der Waals surface area contributed by atoms with Crippen LogP contribution in [0.15, 0.2) is 43.0 Å². The van der Waals surface area contributed by atoms with Gasteiger partial charge in [-0.05, 0) is 30.9 Å². The van der Waals surface area contributed by atoms with E-state index in [0.717, 1.165) is 10.9 Å². The SMILES string of the molecule is NC(CCC(=O)O)C(=O)N1CCCC1C(=O)NC(Cc1cnc[nH]1)C(=O)NC(Cc1c[nH]c2ccccc12)C(=O)O. The summed E-state index contributed by atoms with van der Waals surface area (Å²) in [7, 11) is 0. The van der Waals surface area contributed by atoms with Gasteiger partial charge in [0.05, 0.1) is 12.4 Å². The number of rotatable bonds is 13. The number of hydrogen-bond acceptors (Lipinski definition) is 7. The van der Waals surface area contributed by atoms with Crippen molar-refractivity contribution in [3.8, 4) is 0 Å². The molecule has 4 atom stereocenters. The number of para-hydroxylation sites is 1. The van der Waals surface area contributed by atoms with Gasteiger partial charge in [-0.15, -0.1) is 0 Å². The Balaban J connectivity index is 1.47. The van der Waals surface area contributed by atoms with Gasteiger partial charge in [0.25, 0.3) is 0 Å². The minimum atomic E-state index is -1.28. The smallest absolute Gasteiger partial charge is 0.326 e. The monoisotopic (exact) mass is 567 g/mol. The Morgan fingerprint density at radius 2 is 1.85 bits per heavy atom. The van der Waals surface area contributed by atoms with E-state index in [2.05, 4.69) is 25.6 Å². The molecule has 1 fully saturated rings. The van der Waals surface area contributed by atoms with Gasteiger partial charge < -0.3 is 41.4 Å². The molecule has 14 heteroatoms. The van der Waals surface area contributed by atoms with Gasteiger partial charge in [-0.2, -0.15) is 0 Å². The summed E-state index contributed by atoms with van der Waals surface area (Å²) in [6, 6.07) is 2.96. The minimum absolute atomic E-state index is 0.00418. The lowest BCUT2D eigenvalue weighted by Gasteiger charge is -2.28. The molecule has 8 N–H and O–H groups in total. The number of benzene rings is 1. The molecular formula is C27H33N7O7. The molecule has 0 bridgehead atoms. The Bertz CT molecular complexity index is 1400. The van der Waals surface area contributed by atoms with Crippen molar-refractivity contribution >= 4 is 40.6 Å². The Morgan fingerprint density at radius 3 is 2.56 bits per heavy atom. The second-order valence-electron chi connectivity index (χ2n) is 10.0. The fraction of sp³-hybridized carbons (Fsp3) is 0.407. The maximum absolute atomic E-state index is 13.4. The lowest BCUT2D eigenvalue weighted by molar-refractivity contribution is -0.143. The molecule has 14 nitrogen and oxygen atoms in total. The predicted molar refractivity (Wildman–Crippen MR) is 145 cm³/mol. The van der Waals surface area contributed by atoms with Crippen LogP contribution in [0.25, 0.3) is 10.9 Å². The molecule has 0 radical (unpaired) electrons. The first-order valence-electron chi connectivity index (χ1n) is 13.3. The van der Waals surface area contributed by atoms with Gasteiger partial charge >= 0.3 is 11.9 Å². The number of likely N-dealkylation sites (tertiary alicyclic amines) is 1. The van der Waals surface area contributed by atoms with E-state index >= 15 is 0 Å². The zero-order chi connectivity index (χ0) is 29.5. The molecule has 41 heavy (non-hydrogen) atoms. The zero-order valence-electron chi connectivity index (χ0n) is 22.2. The second-order valence-corrected chi connectivity index (χ2v) is 10.0. The average Bonchev–Trinajstić information content (AvgIpc) is 3.72. The third-order valence-electron chi connectivity index (χ3n) is 7.15. The summed E-state index contributed by atoms with van der Waals surface area (Å²) in [5.74, 6) is -4.17. The number of carbonyl (C=O) groups excluding carboxylic acids is 3. The molecule has 2 aromatic heterocycles. The number of aliphatic carboxylic acids is 2. The van der Waals surface area contributed by atoms with Gasteiger partial charge in [-0.1, -0.05) is 18.2 Å². The lowest BCUT2D eigenvalue weighted by atomic mass is 10.0. The van der Waals surface area contributed by atoms with Crippen LogP contribution in [0.5, 0.6) is 0 Å². The lowest BCUT2D eigenvalue weighted by Crippen LogP contribution is -2.57. The molecule has 0 aliphatic carbocycles. The molecule has 1 aliphatic rings. The highest BCUT2D eigenvalue weighted by Gasteiger charge is 2.38. The fourth-order valence-corrected chi connectivity index (χ4v) is 5.00. The van der Waals surface area contributed by atoms with E-state index in [1.807, 2.05) is 24.3 Å². The summed E-state index contributed by atoms with van der Waals surface area (Å²) in [5, 5.41) is 24.8. The normalized spacial score (nSPS) is 17.1. The Labute approximate surface area is 234 Å². The zero-order valence-corrected chi connectivity index (χ0v) is 22.2. The molecule has 4 unspecified atom stereocenters. The third-order valence-corrected chi connectivity index (χ3v) is 7.15. The van der Waals surface area contributed by atoms with Gasteiger partial charge in [0.1, 0.15) is 18.1 Å². The maximum atomic E-state index is 13.4. The van der Waals surface area contributed by atoms with Crippen molar-refractivity contribution in [1.29, 1.82) is 0 Å². The van der Waals surface area contributed by atoms with Crippen LogP contribution in [0.3, 0.4) is 0 Å². The van der Waals surface area contributed by atoms with Crippen LogP contribution < -0.4 is 16.4 Å². The molecule has 4 rings (SSSR count). The average molecular weight is 568 g/mol. The van der Waals surface area contributed by atoms with Crippen molar-refractivity contribution in [2.24, 2.45) is 5.73 Å². The number of aromatic amines is 2. The molecule has 1 aliphatic heterocycles. The van der Waals surface area contributed by atoms with Crippen LogP contribution in [0.4, 0.5) is 0 Å². The first-order chi connectivity index (χ1) is 19.6. The summed E-state index contributed by atoms with van der Waals surface area (Å²) >= 11 is 0. The molecule has 0 saturated carbocycles. The fourth-order valence-electron chi connectivity index (χ4n) is 5.00. The van der Waals surface area contributed by atoms with Crippen molar-refractivity contribution < 1.29 is 34.2 Å². The number of nitrogens with zero attached hydrogens (tertiary/aromatic N) is 2. The molecule has 3 aromatic rings. The number of nitrogens with two attached hydrogens (primary N) is 1. The number of amides is 3. The summed E-state index contributed by atoms with van der Waals surface area (Å²) in [5.41, 5.74) is 7.98. The number of H-pyrrole nitrogens is 2. The van der Waals surface area contributed by atoms with Crippen molar-refractivity contribution in [3.05, 3.63) is 54.2 Å². The van der Waals surface area contributed by atoms with E-state index in [9.17, 15) is 29.1 Å². The number of carboxylic acids is 2. The third kappa shape index (κ3) is 7.28. The molecule has 3 heterocycles. The molecular weight excluding hydrogens is 534 g/mol. The first kappa shape index (κ1) is 29.3. The Kier molecular flexibility index (Phi) is 9.34. The minimum Gasteiger partial charge on any atom is -0.481 e. The Morgan fingerprint density at radius 1 is 1.07 bits per heavy atom. The van der Waals surface area contributed by atoms with Crippen molar-refractivity contribution in [2.45, 2.75) is 62.7 Å². The van der Waals surface area contributed by atoms with E-state index in [1.54, 1.807) is 6.20 Å². The van der Waals surface area contributed by atoms with Crippen molar-refractivity contribution in [3.63, 3.8) is 0 Å². The van der Waals surface area contributed by atoms with Gasteiger partial charge in [0.2, 0.25) is 17.7 Å². The van der Waals surface area contributed by atoms with Crippen molar-refractivity contribution in [1.82, 2.24) is 30.5 Å². The van der Waals surface area contributed by atoms with Gasteiger partial charge in [0.15, 0.2) is 0 Å². The molecule has 1 saturated heterocycles. The van der Waals surface area contributed by atoms with Crippen LogP contribution in [0.1, 0.15) is 36.9 Å². The van der Waals surface area contributed by atoms with Crippen LogP contribution in [0, 0.1) is 0 Å². The molecule has 0 spiro atoms. The largest absolute Gasteiger partial charge is 0.481 e. The number of hydrogen-bond donors (Lipinski definition) is 7. The topological polar surface area (TPSA) is 224 Å². The highest BCUT2D eigenvalue weighted by molar-refractivity contribution is 5.95. The van der Waals surface area contributed by atoms with Gasteiger partial charge in [-0.25, -0.2) is 9.78 Å². The van der Waals surface area contributed by atoms with Crippen LogP contribution in [-0.2, 0) is 36.8 Å². The molecule has 218 valence electrons. The molecule has 1 aromatic carbocycles. The van der Waals surface area contributed by atoms with Crippen LogP contribution in [-0.4, -0.2) is 90.4 Å². The van der Waals surface area contributed by atoms with E-state index in [-0.39, 0.29) is 32.2 Å². The predicted octanol–water partition coefficient (Wildman–Crippen LogP) is -0.0865. The van der Waals surface area contributed by atoms with Gasteiger partial charge in [0, 0.05) is 54.8 Å². The van der Waals surface area contributed by atoms with E-state index in [1.165, 1.54) is 17.4 Å². The summed E-state index contributed by atoms with van der Waals surface area (Å²) in [4.78, 5) is 73.8. The van der Waals surface area contributed by atoms with E-state index in [4.69, 9.17) is 10.8 Å². The van der Waals surface area contributed by atoms with E-state index < -0.39 is 53.8 Å². The van der Waals surface area contributed by atoms with Crippen molar-refractivity contribution in [2.75, 3.05) is 6.54 Å². The number of fused-ring (bicyclic) bond motifs is 1. The quantitative estimate of drug-likeness (QED) is 0.146. The summed E-state index contributed by atoms with van der Waals surface area (Å²) in [6.07, 6.45) is 5.11. The maximum Gasteiger partial charge on any atom is 0.326 e. The number of nitrogens with one attached hydrogen (secondary N) is 4. The second kappa shape index (κ2) is 13.1. The number of aromatic nitrogens is 3. The van der Waals surface area contributed by atoms with Crippen LogP contribution >= 0.6 is 0 Å². The number of imidazole rings is 1. The highest BCUT2D eigenvalue weighted by atomic mass is 16.4. The van der Waals surface area contributed by atoms with Gasteiger partial charge in [-0.3, -0.25) is 19.2 Å². The number of carbonyl (C=O) groups is 5. The summed E-state index contributed by atoms with van der Waals surface area (Å²) in [6.45, 7) is 0.265. The summed E-state index contributed by atoms with van der Waals surface area (Å²) < 4.78 is 0. The van der Waals surface area contributed by atoms with Crippen LogP contribution in [0.2, 0.25) is 0 Å². The highest BCUT2D eigenvalue weighted by Crippen LogP contribution is 2.21. The standard InChI is InChI=1S/C27H33N7O7/c28-18(7-8-23(35)36)26(39)34-9-3-6-22(34)25(38)32-20(11-16-13-29-14-31-16)24(37)33-21(27(40)41)10-15-12-30-19-5-2-1-4-17(15)19/h1-2,4-5,12-14,18,20-22,30H,3,6-11,28H2,(H,29,31)(H,32,38)(H,33,37)(H,35,36)(H,40,41). The van der Waals surface area contributed by atoms with E-state index in [0.29, 0.717) is 24.1 Å². The Hall–Kier alpha value is -4.72. The first-order valence-corrected chi connectivity index (χ1v) is 13.3. The number of carboxylic acid groups (broad SMARTS) is 2.